The van der Waals surface area contributed by atoms with E-state index in [1.54, 1.807) is 24.3 Å². The van der Waals surface area contributed by atoms with Gasteiger partial charge in [0.2, 0.25) is 0 Å². The van der Waals surface area contributed by atoms with Gasteiger partial charge in [0.25, 0.3) is 5.56 Å². The summed E-state index contributed by atoms with van der Waals surface area (Å²) in [7, 11) is -3.21. The molecule has 2 rings (SSSR count). The van der Waals surface area contributed by atoms with E-state index in [1.165, 1.54) is 0 Å². The lowest BCUT2D eigenvalue weighted by Gasteiger charge is -2.05. The molecule has 1 aromatic carbocycles. The first-order chi connectivity index (χ1) is 9.38. The van der Waals surface area contributed by atoms with E-state index >= 15 is 0 Å². The van der Waals surface area contributed by atoms with Gasteiger partial charge in [0, 0.05) is 11.6 Å². The largest absolute Gasteiger partial charge is 0.460 e. The number of hydrogen-bond donors (Lipinski definition) is 1. The molecule has 106 valence electrons. The normalized spacial score (nSPS) is 11.4. The van der Waals surface area contributed by atoms with Gasteiger partial charge in [0.05, 0.1) is 11.1 Å². The fourth-order valence-electron chi connectivity index (χ4n) is 1.62. The summed E-state index contributed by atoms with van der Waals surface area (Å²) in [6.45, 7) is -0.257. The smallest absolute Gasteiger partial charge is 0.359 e. The van der Waals surface area contributed by atoms with E-state index in [4.69, 9.17) is 4.74 Å². The molecule has 0 aliphatic rings. The topological polar surface area (TPSA) is 106 Å². The van der Waals surface area contributed by atoms with Crippen molar-refractivity contribution in [2.75, 3.05) is 18.6 Å². The number of aromatic nitrogens is 2. The monoisotopic (exact) mass is 296 g/mol. The quantitative estimate of drug-likeness (QED) is 0.803. The molecule has 0 amide bonds. The second kappa shape index (κ2) is 5.41. The van der Waals surface area contributed by atoms with Crippen LogP contribution in [-0.2, 0) is 14.6 Å². The van der Waals surface area contributed by atoms with Gasteiger partial charge in [-0.2, -0.15) is 5.10 Å². The van der Waals surface area contributed by atoms with E-state index in [1.807, 2.05) is 0 Å². The van der Waals surface area contributed by atoms with Crippen molar-refractivity contribution in [3.05, 3.63) is 40.3 Å². The number of nitrogens with one attached hydrogen (secondary N) is 1. The zero-order valence-electron chi connectivity index (χ0n) is 10.6. The van der Waals surface area contributed by atoms with Crippen LogP contribution < -0.4 is 5.56 Å². The number of hydrogen-bond acceptors (Lipinski definition) is 6. The highest BCUT2D eigenvalue weighted by Crippen LogP contribution is 2.13. The van der Waals surface area contributed by atoms with Crippen LogP contribution in [0.5, 0.6) is 0 Å². The predicted octanol–water partition coefficient (Wildman–Crippen LogP) is 0.125. The third-order valence-electron chi connectivity index (χ3n) is 2.58. The Morgan fingerprint density at radius 1 is 1.30 bits per heavy atom. The van der Waals surface area contributed by atoms with Gasteiger partial charge in [-0.05, 0) is 6.07 Å². The summed E-state index contributed by atoms with van der Waals surface area (Å²) < 4.78 is 26.8. The SMILES string of the molecule is CS(=O)(=O)CCOC(=O)c1n[nH]c(=O)c2ccccc12. The molecule has 0 radical (unpaired) electrons. The number of ether oxygens (including phenoxy) is 1. The van der Waals surface area contributed by atoms with Gasteiger partial charge in [0.1, 0.15) is 6.61 Å². The molecule has 0 unspecified atom stereocenters. The summed E-state index contributed by atoms with van der Waals surface area (Å²) >= 11 is 0. The molecule has 0 saturated heterocycles. The number of aromatic amines is 1. The second-order valence-electron chi connectivity index (χ2n) is 4.21. The van der Waals surface area contributed by atoms with E-state index in [0.29, 0.717) is 10.8 Å². The number of carbonyl (C=O) groups excluding carboxylic acids is 1. The van der Waals surface area contributed by atoms with Gasteiger partial charge in [-0.15, -0.1) is 0 Å². The van der Waals surface area contributed by atoms with E-state index in [-0.39, 0.29) is 18.1 Å². The van der Waals surface area contributed by atoms with Crippen LogP contribution in [0.2, 0.25) is 0 Å². The minimum absolute atomic E-state index is 0.0475. The lowest BCUT2D eigenvalue weighted by molar-refractivity contribution is 0.0523. The van der Waals surface area contributed by atoms with Crippen molar-refractivity contribution in [3.63, 3.8) is 0 Å². The van der Waals surface area contributed by atoms with Crippen molar-refractivity contribution in [2.24, 2.45) is 0 Å². The van der Waals surface area contributed by atoms with Crippen LogP contribution in [0, 0.1) is 0 Å². The van der Waals surface area contributed by atoms with Crippen LogP contribution in [0.4, 0.5) is 0 Å². The first-order valence-electron chi connectivity index (χ1n) is 5.71. The highest BCUT2D eigenvalue weighted by Gasteiger charge is 2.15. The molecule has 1 N–H and O–H groups in total. The van der Waals surface area contributed by atoms with Crippen LogP contribution >= 0.6 is 0 Å². The average molecular weight is 296 g/mol. The van der Waals surface area contributed by atoms with Crippen molar-refractivity contribution in [1.82, 2.24) is 10.2 Å². The summed E-state index contributed by atoms with van der Waals surface area (Å²) in [5.41, 5.74) is -0.456. The Morgan fingerprint density at radius 3 is 2.60 bits per heavy atom. The number of carbonyl (C=O) groups is 1. The van der Waals surface area contributed by atoms with Crippen molar-refractivity contribution in [3.8, 4) is 0 Å². The molecule has 1 heterocycles. The molecule has 8 heteroatoms. The van der Waals surface area contributed by atoms with E-state index in [9.17, 15) is 18.0 Å². The average Bonchev–Trinajstić information content (AvgIpc) is 2.38. The fraction of sp³-hybridized carbons (Fsp3) is 0.250. The Kier molecular flexibility index (Phi) is 3.84. The van der Waals surface area contributed by atoms with Crippen molar-refractivity contribution in [1.29, 1.82) is 0 Å². The van der Waals surface area contributed by atoms with Gasteiger partial charge in [-0.1, -0.05) is 18.2 Å². The highest BCUT2D eigenvalue weighted by atomic mass is 32.2. The molecular formula is C12H12N2O5S. The standard InChI is InChI=1S/C12H12N2O5S/c1-20(17,18)7-6-19-12(16)10-8-4-2-3-5-9(8)11(15)14-13-10/h2-5H,6-7H2,1H3,(H,14,15). The molecule has 0 fully saturated rings. The number of H-pyrrole nitrogens is 1. The molecule has 7 nitrogen and oxygen atoms in total. The van der Waals surface area contributed by atoms with Crippen LogP contribution in [-0.4, -0.2) is 43.2 Å². The minimum atomic E-state index is -3.21. The molecular weight excluding hydrogens is 284 g/mol. The predicted molar refractivity (Wildman–Crippen MR) is 72.4 cm³/mol. The molecule has 0 spiro atoms. The highest BCUT2D eigenvalue weighted by molar-refractivity contribution is 7.90. The molecule has 0 aliphatic carbocycles. The number of nitrogens with zero attached hydrogens (tertiary/aromatic N) is 1. The molecule has 2 aromatic rings. The lowest BCUT2D eigenvalue weighted by Crippen LogP contribution is -2.18. The van der Waals surface area contributed by atoms with E-state index in [2.05, 4.69) is 10.2 Å². The summed E-state index contributed by atoms with van der Waals surface area (Å²) in [5, 5.41) is 6.54. The number of rotatable bonds is 4. The number of benzene rings is 1. The Labute approximate surface area is 114 Å². The summed E-state index contributed by atoms with van der Waals surface area (Å²) in [6, 6.07) is 6.46. The first kappa shape index (κ1) is 14.2. The minimum Gasteiger partial charge on any atom is -0.460 e. The molecule has 0 atom stereocenters. The maximum Gasteiger partial charge on any atom is 0.359 e. The molecule has 1 aromatic heterocycles. The summed E-state index contributed by atoms with van der Waals surface area (Å²) in [4.78, 5) is 23.4. The Hall–Kier alpha value is -2.22. The third kappa shape index (κ3) is 3.21. The molecule has 0 aliphatic heterocycles. The Balaban J connectivity index is 2.27. The maximum absolute atomic E-state index is 11.9. The zero-order valence-corrected chi connectivity index (χ0v) is 11.4. The van der Waals surface area contributed by atoms with Gasteiger partial charge in [-0.25, -0.2) is 18.3 Å². The molecule has 0 saturated carbocycles. The van der Waals surface area contributed by atoms with Gasteiger partial charge in [-0.3, -0.25) is 4.79 Å². The van der Waals surface area contributed by atoms with E-state index < -0.39 is 21.4 Å². The van der Waals surface area contributed by atoms with Crippen LogP contribution in [0.1, 0.15) is 10.5 Å². The second-order valence-corrected chi connectivity index (χ2v) is 6.47. The lowest BCUT2D eigenvalue weighted by atomic mass is 10.1. The van der Waals surface area contributed by atoms with Crippen LogP contribution in [0.25, 0.3) is 10.8 Å². The first-order valence-corrected chi connectivity index (χ1v) is 7.77. The number of esters is 1. The summed E-state index contributed by atoms with van der Waals surface area (Å²) in [6.07, 6.45) is 1.05. The van der Waals surface area contributed by atoms with Crippen LogP contribution in [0.3, 0.4) is 0 Å². The Bertz CT molecular complexity index is 810. The number of fused-ring (bicyclic) bond motifs is 1. The Morgan fingerprint density at radius 2 is 1.95 bits per heavy atom. The zero-order chi connectivity index (χ0) is 14.8. The van der Waals surface area contributed by atoms with Crippen LogP contribution in [0.15, 0.2) is 29.1 Å². The van der Waals surface area contributed by atoms with Gasteiger partial charge >= 0.3 is 5.97 Å². The van der Waals surface area contributed by atoms with Crippen molar-refractivity contribution in [2.45, 2.75) is 0 Å². The van der Waals surface area contributed by atoms with Crippen molar-refractivity contribution >= 4 is 26.6 Å². The summed E-state index contributed by atoms with van der Waals surface area (Å²) in [5.74, 6) is -1.04. The van der Waals surface area contributed by atoms with E-state index in [0.717, 1.165) is 6.26 Å². The maximum atomic E-state index is 11.9. The van der Waals surface area contributed by atoms with Crippen molar-refractivity contribution < 1.29 is 17.9 Å². The van der Waals surface area contributed by atoms with Gasteiger partial charge < -0.3 is 4.74 Å². The third-order valence-corrected chi connectivity index (χ3v) is 3.48. The van der Waals surface area contributed by atoms with Gasteiger partial charge in [0.15, 0.2) is 15.5 Å². The molecule has 0 bridgehead atoms. The molecule has 20 heavy (non-hydrogen) atoms. The number of sulfone groups is 1. The fourth-order valence-corrected chi connectivity index (χ4v) is 2.01.